The summed E-state index contributed by atoms with van der Waals surface area (Å²) in [6.45, 7) is 4.25. The Hall–Kier alpha value is -2.94. The summed E-state index contributed by atoms with van der Waals surface area (Å²) in [5.41, 5.74) is 0.360. The Morgan fingerprint density at radius 1 is 1.48 bits per heavy atom. The molecule has 0 aliphatic carbocycles. The monoisotopic (exact) mass is 279 g/mol. The molecule has 3 heterocycles. The van der Waals surface area contributed by atoms with Gasteiger partial charge in [0.1, 0.15) is 11.6 Å². The standard InChI is InChI=1S/C15H13N5O/c1-2-11-7-14(21)19(10-11)15-12(8-16)9-18-20(15)13-5-3-4-6-17-13/h2-6,9,11H,1,7,10H2. The van der Waals surface area contributed by atoms with E-state index in [-0.39, 0.29) is 11.8 Å². The summed E-state index contributed by atoms with van der Waals surface area (Å²) in [5, 5.41) is 13.5. The van der Waals surface area contributed by atoms with Crippen molar-refractivity contribution in [3.63, 3.8) is 0 Å². The van der Waals surface area contributed by atoms with Gasteiger partial charge in [0.2, 0.25) is 5.91 Å². The van der Waals surface area contributed by atoms with Crippen LogP contribution in [0, 0.1) is 17.2 Å². The topological polar surface area (TPSA) is 74.8 Å². The second-order valence-electron chi connectivity index (χ2n) is 4.80. The lowest BCUT2D eigenvalue weighted by Gasteiger charge is -2.17. The van der Waals surface area contributed by atoms with Crippen LogP contribution in [0.25, 0.3) is 5.82 Å². The van der Waals surface area contributed by atoms with Crippen molar-refractivity contribution in [2.24, 2.45) is 5.92 Å². The van der Waals surface area contributed by atoms with Crippen LogP contribution in [-0.2, 0) is 4.79 Å². The molecule has 0 saturated carbocycles. The number of hydrogen-bond donors (Lipinski definition) is 0. The quantitative estimate of drug-likeness (QED) is 0.801. The minimum Gasteiger partial charge on any atom is -0.295 e. The van der Waals surface area contributed by atoms with E-state index in [0.717, 1.165) is 0 Å². The number of amides is 1. The molecule has 0 aromatic carbocycles. The number of carbonyl (C=O) groups is 1. The fourth-order valence-electron chi connectivity index (χ4n) is 2.43. The number of nitrogens with zero attached hydrogens (tertiary/aromatic N) is 5. The predicted octanol–water partition coefficient (Wildman–Crippen LogP) is 1.68. The zero-order valence-corrected chi connectivity index (χ0v) is 11.3. The van der Waals surface area contributed by atoms with E-state index in [1.165, 1.54) is 10.9 Å². The van der Waals surface area contributed by atoms with Crippen molar-refractivity contribution in [2.75, 3.05) is 11.4 Å². The minimum atomic E-state index is -0.0333. The highest BCUT2D eigenvalue weighted by molar-refractivity contribution is 5.96. The van der Waals surface area contributed by atoms with Crippen LogP contribution in [0.2, 0.25) is 0 Å². The average Bonchev–Trinajstić information content (AvgIpc) is 3.10. The van der Waals surface area contributed by atoms with Crippen LogP contribution in [0.4, 0.5) is 5.82 Å². The number of pyridine rings is 1. The van der Waals surface area contributed by atoms with Gasteiger partial charge in [0.05, 0.1) is 6.20 Å². The fourth-order valence-corrected chi connectivity index (χ4v) is 2.43. The Morgan fingerprint density at radius 3 is 2.95 bits per heavy atom. The molecule has 21 heavy (non-hydrogen) atoms. The number of aromatic nitrogens is 3. The Morgan fingerprint density at radius 2 is 2.33 bits per heavy atom. The van der Waals surface area contributed by atoms with Crippen LogP contribution in [0.3, 0.4) is 0 Å². The van der Waals surface area contributed by atoms with Gasteiger partial charge in [-0.25, -0.2) is 4.98 Å². The molecule has 0 radical (unpaired) electrons. The summed E-state index contributed by atoms with van der Waals surface area (Å²) in [6.07, 6.45) is 5.27. The van der Waals surface area contributed by atoms with Gasteiger partial charge in [0, 0.05) is 25.1 Å². The van der Waals surface area contributed by atoms with Crippen molar-refractivity contribution in [1.82, 2.24) is 14.8 Å². The highest BCUT2D eigenvalue weighted by Crippen LogP contribution is 2.29. The van der Waals surface area contributed by atoms with Crippen molar-refractivity contribution >= 4 is 11.7 Å². The number of anilines is 1. The van der Waals surface area contributed by atoms with Crippen LogP contribution in [0.5, 0.6) is 0 Å². The molecule has 6 nitrogen and oxygen atoms in total. The molecule has 2 aromatic rings. The van der Waals surface area contributed by atoms with Gasteiger partial charge >= 0.3 is 0 Å². The van der Waals surface area contributed by atoms with Gasteiger partial charge in [-0.05, 0) is 12.1 Å². The van der Waals surface area contributed by atoms with Crippen LogP contribution in [-0.4, -0.2) is 27.2 Å². The van der Waals surface area contributed by atoms with Gasteiger partial charge < -0.3 is 0 Å². The molecule has 1 unspecified atom stereocenters. The van der Waals surface area contributed by atoms with Gasteiger partial charge in [-0.1, -0.05) is 12.1 Å². The largest absolute Gasteiger partial charge is 0.295 e. The smallest absolute Gasteiger partial charge is 0.228 e. The second-order valence-corrected chi connectivity index (χ2v) is 4.80. The molecule has 1 aliphatic heterocycles. The van der Waals surface area contributed by atoms with Gasteiger partial charge in [-0.2, -0.15) is 15.0 Å². The average molecular weight is 279 g/mol. The zero-order valence-electron chi connectivity index (χ0n) is 11.3. The Balaban J connectivity index is 2.10. The zero-order chi connectivity index (χ0) is 14.8. The summed E-state index contributed by atoms with van der Waals surface area (Å²) in [6, 6.07) is 7.50. The third kappa shape index (κ3) is 2.19. The maximum absolute atomic E-state index is 12.2. The number of hydrogen-bond acceptors (Lipinski definition) is 4. The molecule has 0 spiro atoms. The van der Waals surface area contributed by atoms with Crippen molar-refractivity contribution < 1.29 is 4.79 Å². The molecular formula is C15H13N5O. The highest BCUT2D eigenvalue weighted by Gasteiger charge is 2.33. The van der Waals surface area contributed by atoms with E-state index in [9.17, 15) is 10.1 Å². The Kier molecular flexibility index (Phi) is 3.24. The summed E-state index contributed by atoms with van der Waals surface area (Å²) >= 11 is 0. The maximum atomic E-state index is 12.2. The molecular weight excluding hydrogens is 266 g/mol. The van der Waals surface area contributed by atoms with E-state index in [1.807, 2.05) is 6.07 Å². The van der Waals surface area contributed by atoms with Crippen LogP contribution >= 0.6 is 0 Å². The van der Waals surface area contributed by atoms with E-state index < -0.39 is 0 Å². The van der Waals surface area contributed by atoms with Crippen molar-refractivity contribution in [3.05, 3.63) is 48.8 Å². The van der Waals surface area contributed by atoms with E-state index in [1.54, 1.807) is 29.3 Å². The first kappa shape index (κ1) is 13.1. The molecule has 1 fully saturated rings. The fraction of sp³-hybridized carbons (Fsp3) is 0.200. The van der Waals surface area contributed by atoms with Gasteiger partial charge in [-0.3, -0.25) is 9.69 Å². The third-order valence-electron chi connectivity index (χ3n) is 3.47. The minimum absolute atomic E-state index is 0.0333. The molecule has 3 rings (SSSR count). The number of carbonyl (C=O) groups excluding carboxylic acids is 1. The lowest BCUT2D eigenvalue weighted by atomic mass is 10.1. The normalized spacial score (nSPS) is 17.8. The van der Waals surface area contributed by atoms with E-state index in [0.29, 0.717) is 30.2 Å². The molecule has 0 N–H and O–H groups in total. The SMILES string of the molecule is C=CC1CC(=O)N(c2c(C#N)cnn2-c2ccccn2)C1. The highest BCUT2D eigenvalue weighted by atomic mass is 16.2. The maximum Gasteiger partial charge on any atom is 0.228 e. The van der Waals surface area contributed by atoms with Crippen molar-refractivity contribution in [3.8, 4) is 11.9 Å². The van der Waals surface area contributed by atoms with E-state index >= 15 is 0 Å². The summed E-state index contributed by atoms with van der Waals surface area (Å²) in [7, 11) is 0. The number of nitriles is 1. The summed E-state index contributed by atoms with van der Waals surface area (Å²) < 4.78 is 1.53. The van der Waals surface area contributed by atoms with Gasteiger partial charge in [0.25, 0.3) is 0 Å². The van der Waals surface area contributed by atoms with Gasteiger partial charge in [0.15, 0.2) is 11.6 Å². The summed E-state index contributed by atoms with van der Waals surface area (Å²) in [4.78, 5) is 18.0. The van der Waals surface area contributed by atoms with Gasteiger partial charge in [-0.15, -0.1) is 6.58 Å². The Bertz CT molecular complexity index is 728. The molecule has 1 atom stereocenters. The van der Waals surface area contributed by atoms with Crippen LogP contribution < -0.4 is 4.90 Å². The molecule has 2 aromatic heterocycles. The number of rotatable bonds is 3. The first-order valence-corrected chi connectivity index (χ1v) is 6.57. The molecule has 6 heteroatoms. The summed E-state index contributed by atoms with van der Waals surface area (Å²) in [5.74, 6) is 1.11. The van der Waals surface area contributed by atoms with Crippen LogP contribution in [0.1, 0.15) is 12.0 Å². The van der Waals surface area contributed by atoms with Crippen molar-refractivity contribution in [1.29, 1.82) is 5.26 Å². The molecule has 1 aliphatic rings. The molecule has 0 bridgehead atoms. The molecule has 104 valence electrons. The lowest BCUT2D eigenvalue weighted by molar-refractivity contribution is -0.117. The molecule has 1 amide bonds. The third-order valence-corrected chi connectivity index (χ3v) is 3.47. The van der Waals surface area contributed by atoms with E-state index in [2.05, 4.69) is 22.7 Å². The first-order valence-electron chi connectivity index (χ1n) is 6.57. The molecule has 1 saturated heterocycles. The lowest BCUT2D eigenvalue weighted by Crippen LogP contribution is -2.27. The first-order chi connectivity index (χ1) is 10.2. The van der Waals surface area contributed by atoms with Crippen molar-refractivity contribution in [2.45, 2.75) is 6.42 Å². The van der Waals surface area contributed by atoms with E-state index in [4.69, 9.17) is 0 Å². The Labute approximate surface area is 121 Å². The second kappa shape index (κ2) is 5.21. The van der Waals surface area contributed by atoms with Crippen LogP contribution in [0.15, 0.2) is 43.2 Å². The predicted molar refractivity (Wildman–Crippen MR) is 76.7 cm³/mol.